The lowest BCUT2D eigenvalue weighted by molar-refractivity contribution is -0.143. The number of thiophene rings is 1. The first-order valence-corrected chi connectivity index (χ1v) is 15.1. The van der Waals surface area contributed by atoms with E-state index >= 15 is 0 Å². The lowest BCUT2D eigenvalue weighted by Crippen LogP contribution is -2.36. The molecule has 0 bridgehead atoms. The van der Waals surface area contributed by atoms with Gasteiger partial charge in [-0.15, -0.1) is 11.3 Å². The first kappa shape index (κ1) is 25.7. The summed E-state index contributed by atoms with van der Waals surface area (Å²) in [5.74, 6) is -0.464. The van der Waals surface area contributed by atoms with Crippen molar-refractivity contribution in [3.63, 3.8) is 0 Å². The maximum absolute atomic E-state index is 12.9. The molecule has 3 fully saturated rings. The van der Waals surface area contributed by atoms with E-state index in [4.69, 9.17) is 11.6 Å². The Kier molecular flexibility index (Phi) is 5.87. The number of amides is 2. The molecule has 4 aromatic rings. The number of rotatable bonds is 6. The van der Waals surface area contributed by atoms with Crippen molar-refractivity contribution in [2.24, 2.45) is 22.7 Å². The molecule has 7 nitrogen and oxygen atoms in total. The van der Waals surface area contributed by atoms with Crippen LogP contribution in [-0.2, 0) is 22.7 Å². The van der Waals surface area contributed by atoms with Crippen molar-refractivity contribution in [3.8, 4) is 17.2 Å². The Labute approximate surface area is 241 Å². The van der Waals surface area contributed by atoms with Gasteiger partial charge in [0.1, 0.15) is 0 Å². The molecular formula is C31H30ClN5O2S. The average Bonchev–Trinajstić information content (AvgIpc) is 3.30. The average molecular weight is 572 g/mol. The normalized spacial score (nSPS) is 23.1. The van der Waals surface area contributed by atoms with Gasteiger partial charge in [0.15, 0.2) is 0 Å². The van der Waals surface area contributed by atoms with E-state index < -0.39 is 0 Å². The van der Waals surface area contributed by atoms with Crippen molar-refractivity contribution in [3.05, 3.63) is 52.6 Å². The Hall–Kier alpha value is -3.25. The summed E-state index contributed by atoms with van der Waals surface area (Å²) in [7, 11) is 0. The Bertz CT molecular complexity index is 1720. The molecule has 0 radical (unpaired) electrons. The predicted molar refractivity (Wildman–Crippen MR) is 157 cm³/mol. The quantitative estimate of drug-likeness (QED) is 0.287. The molecule has 7 rings (SSSR count). The van der Waals surface area contributed by atoms with Crippen LogP contribution in [0.1, 0.15) is 38.0 Å². The molecule has 0 spiro atoms. The molecule has 9 heteroatoms. The van der Waals surface area contributed by atoms with Crippen LogP contribution < -0.4 is 5.32 Å². The fourth-order valence-electron chi connectivity index (χ4n) is 6.95. The Morgan fingerprint density at radius 1 is 1.12 bits per heavy atom. The third-order valence-electron chi connectivity index (χ3n) is 9.41. The topological polar surface area (TPSA) is 91.0 Å². The number of nitriles is 1. The van der Waals surface area contributed by atoms with Gasteiger partial charge in [-0.2, -0.15) is 5.26 Å². The molecule has 2 amide bonds. The molecule has 5 heterocycles. The van der Waals surface area contributed by atoms with Gasteiger partial charge in [0.25, 0.3) is 0 Å². The number of halogens is 1. The van der Waals surface area contributed by atoms with Crippen LogP contribution in [0.4, 0.5) is 0 Å². The molecular weight excluding hydrogens is 542 g/mol. The summed E-state index contributed by atoms with van der Waals surface area (Å²) >= 11 is 8.19. The smallest absolute Gasteiger partial charge is 0.234 e. The molecule has 2 saturated heterocycles. The molecule has 40 heavy (non-hydrogen) atoms. The third kappa shape index (κ3) is 3.90. The number of aromatic nitrogens is 2. The summed E-state index contributed by atoms with van der Waals surface area (Å²) in [5, 5.41) is 15.1. The summed E-state index contributed by atoms with van der Waals surface area (Å²) in [6.07, 6.45) is 6.42. The zero-order chi connectivity index (χ0) is 27.8. The van der Waals surface area contributed by atoms with Crippen LogP contribution >= 0.6 is 22.9 Å². The standard InChI is InChI=1S/C31H30ClN5O2S/c1-30(2)24-25(30)29(39)37(28(24)38)16-20-15-23-27(40-20)21(3-8-35-23)22-14-19(32)13-18-4-11-36(26(18)22)12-7-31(17-33)5-9-34-10-6-31/h3-4,8,11,13-15,24-25,34H,5-7,9-10,12,16H2,1-2H3. The van der Waals surface area contributed by atoms with Gasteiger partial charge in [0, 0.05) is 45.4 Å². The zero-order valence-corrected chi connectivity index (χ0v) is 24.1. The second kappa shape index (κ2) is 9.13. The number of imide groups is 1. The van der Waals surface area contributed by atoms with Crippen molar-refractivity contribution < 1.29 is 9.59 Å². The Balaban J connectivity index is 1.24. The number of hydrogen-bond donors (Lipinski definition) is 1. The summed E-state index contributed by atoms with van der Waals surface area (Å²) in [5.41, 5.74) is 3.44. The number of fused-ring (bicyclic) bond motifs is 3. The largest absolute Gasteiger partial charge is 0.347 e. The summed E-state index contributed by atoms with van der Waals surface area (Å²) in [6, 6.07) is 12.7. The van der Waals surface area contributed by atoms with Gasteiger partial charge in [-0.25, -0.2) is 0 Å². The van der Waals surface area contributed by atoms with Crippen LogP contribution in [0.2, 0.25) is 5.02 Å². The number of pyridine rings is 1. The van der Waals surface area contributed by atoms with Gasteiger partial charge in [0.2, 0.25) is 11.8 Å². The van der Waals surface area contributed by atoms with Crippen LogP contribution in [0.25, 0.3) is 32.2 Å². The van der Waals surface area contributed by atoms with Gasteiger partial charge >= 0.3 is 0 Å². The van der Waals surface area contributed by atoms with Crippen LogP contribution in [0.5, 0.6) is 0 Å². The number of aryl methyl sites for hydroxylation is 1. The maximum Gasteiger partial charge on any atom is 0.234 e. The number of likely N-dealkylation sites (tertiary alicyclic amines) is 1. The van der Waals surface area contributed by atoms with Crippen molar-refractivity contribution in [1.29, 1.82) is 5.26 Å². The van der Waals surface area contributed by atoms with Crippen LogP contribution in [0.3, 0.4) is 0 Å². The number of nitrogens with zero attached hydrogens (tertiary/aromatic N) is 4. The molecule has 3 aliphatic rings. The number of nitrogens with one attached hydrogen (secondary N) is 1. The minimum absolute atomic E-state index is 0.0519. The SMILES string of the molecule is CC1(C)C2C(=O)N(Cc3cc4nccc(-c5cc(Cl)cc6ccn(CCC7(C#N)CCNCC7)c56)c4s3)C(=O)C21. The molecule has 1 aromatic carbocycles. The molecule has 1 aliphatic carbocycles. The highest BCUT2D eigenvalue weighted by Gasteiger charge is 2.72. The number of carbonyl (C=O) groups excluding carboxylic acids is 2. The van der Waals surface area contributed by atoms with Gasteiger partial charge in [-0.1, -0.05) is 25.4 Å². The molecule has 1 saturated carbocycles. The molecule has 1 N–H and O–H groups in total. The van der Waals surface area contributed by atoms with Crippen molar-refractivity contribution in [2.75, 3.05) is 13.1 Å². The van der Waals surface area contributed by atoms with Crippen LogP contribution in [-0.4, -0.2) is 39.4 Å². The highest BCUT2D eigenvalue weighted by atomic mass is 35.5. The zero-order valence-electron chi connectivity index (χ0n) is 22.5. The van der Waals surface area contributed by atoms with E-state index in [0.29, 0.717) is 5.02 Å². The number of piperidine rings is 2. The lowest BCUT2D eigenvalue weighted by Gasteiger charge is -2.31. The van der Waals surface area contributed by atoms with Crippen molar-refractivity contribution in [2.45, 2.75) is 46.2 Å². The molecule has 3 aromatic heterocycles. The van der Waals surface area contributed by atoms with Gasteiger partial charge < -0.3 is 9.88 Å². The summed E-state index contributed by atoms with van der Waals surface area (Å²) in [4.78, 5) is 32.9. The minimum atomic E-state index is -0.304. The number of benzene rings is 1. The van der Waals surface area contributed by atoms with Crippen LogP contribution in [0.15, 0.2) is 42.7 Å². The monoisotopic (exact) mass is 571 g/mol. The first-order chi connectivity index (χ1) is 19.2. The van der Waals surface area contributed by atoms with Crippen molar-refractivity contribution in [1.82, 2.24) is 19.8 Å². The van der Waals surface area contributed by atoms with Gasteiger partial charge in [-0.05, 0) is 68.1 Å². The summed E-state index contributed by atoms with van der Waals surface area (Å²) < 4.78 is 3.25. The van der Waals surface area contributed by atoms with E-state index in [1.165, 1.54) is 4.90 Å². The number of hydrogen-bond acceptors (Lipinski definition) is 6. The molecule has 2 aliphatic heterocycles. The highest BCUT2D eigenvalue weighted by molar-refractivity contribution is 7.19. The van der Waals surface area contributed by atoms with E-state index in [0.717, 1.165) is 76.0 Å². The van der Waals surface area contributed by atoms with E-state index in [1.807, 2.05) is 38.1 Å². The van der Waals surface area contributed by atoms with Crippen LogP contribution in [0, 0.1) is 34.0 Å². The second-order valence-electron chi connectivity index (χ2n) is 12.1. The Morgan fingerprint density at radius 2 is 1.88 bits per heavy atom. The van der Waals surface area contributed by atoms with Gasteiger partial charge in [-0.3, -0.25) is 19.5 Å². The molecule has 2 unspecified atom stereocenters. The maximum atomic E-state index is 12.9. The third-order valence-corrected chi connectivity index (χ3v) is 10.8. The second-order valence-corrected chi connectivity index (χ2v) is 13.7. The highest BCUT2D eigenvalue weighted by Crippen LogP contribution is 2.63. The van der Waals surface area contributed by atoms with E-state index in [9.17, 15) is 14.9 Å². The molecule has 2 atom stereocenters. The fourth-order valence-corrected chi connectivity index (χ4v) is 8.31. The predicted octanol–water partition coefficient (Wildman–Crippen LogP) is 6.00. The van der Waals surface area contributed by atoms with E-state index in [2.05, 4.69) is 33.2 Å². The minimum Gasteiger partial charge on any atom is -0.347 e. The number of carbonyl (C=O) groups is 2. The van der Waals surface area contributed by atoms with Crippen molar-refractivity contribution >= 4 is 55.9 Å². The summed E-state index contributed by atoms with van der Waals surface area (Å²) in [6.45, 7) is 6.79. The molecule has 204 valence electrons. The fraction of sp³-hybridized carbons (Fsp3) is 0.419. The Morgan fingerprint density at radius 3 is 2.60 bits per heavy atom. The lowest BCUT2D eigenvalue weighted by atomic mass is 9.77. The van der Waals surface area contributed by atoms with Gasteiger partial charge in [0.05, 0.1) is 45.6 Å². The van der Waals surface area contributed by atoms with E-state index in [1.54, 1.807) is 17.5 Å². The first-order valence-electron chi connectivity index (χ1n) is 13.9. The van der Waals surface area contributed by atoms with E-state index in [-0.39, 0.29) is 41.0 Å².